The van der Waals surface area contributed by atoms with Crippen LogP contribution in [-0.4, -0.2) is 38.9 Å². The standard InChI is InChI=1S/C14H18BrNO3/c15-5-4-11-3-1-2-6-16(11)14(19)10-7-12(17)9-13(18)8-10/h7-9,11,17-18H,1-6H2. The van der Waals surface area contributed by atoms with E-state index in [2.05, 4.69) is 15.9 Å². The number of likely N-dealkylation sites (tertiary alicyclic amines) is 1. The normalized spacial score (nSPS) is 19.4. The Morgan fingerprint density at radius 2 is 1.95 bits per heavy atom. The van der Waals surface area contributed by atoms with E-state index in [9.17, 15) is 15.0 Å². The predicted octanol–water partition coefficient (Wildman–Crippen LogP) is 2.88. The number of rotatable bonds is 3. The molecule has 1 aliphatic heterocycles. The number of hydrogen-bond acceptors (Lipinski definition) is 3. The third-order valence-electron chi connectivity index (χ3n) is 3.48. The van der Waals surface area contributed by atoms with Crippen LogP contribution in [0.15, 0.2) is 18.2 Å². The summed E-state index contributed by atoms with van der Waals surface area (Å²) in [6, 6.07) is 4.28. The number of piperidine rings is 1. The van der Waals surface area contributed by atoms with Crippen LogP contribution in [0.5, 0.6) is 11.5 Å². The van der Waals surface area contributed by atoms with Gasteiger partial charge in [0.05, 0.1) is 0 Å². The SMILES string of the molecule is O=C(c1cc(O)cc(O)c1)N1CCCCC1CCBr. The highest BCUT2D eigenvalue weighted by molar-refractivity contribution is 9.09. The van der Waals surface area contributed by atoms with E-state index >= 15 is 0 Å². The third kappa shape index (κ3) is 3.41. The maximum Gasteiger partial charge on any atom is 0.254 e. The molecule has 0 aromatic heterocycles. The Labute approximate surface area is 121 Å². The van der Waals surface area contributed by atoms with E-state index in [4.69, 9.17) is 0 Å². The van der Waals surface area contributed by atoms with Crippen molar-refractivity contribution in [2.45, 2.75) is 31.7 Å². The zero-order valence-corrected chi connectivity index (χ0v) is 12.3. The molecule has 1 amide bonds. The van der Waals surface area contributed by atoms with Gasteiger partial charge in [0.1, 0.15) is 11.5 Å². The van der Waals surface area contributed by atoms with E-state index in [-0.39, 0.29) is 23.4 Å². The van der Waals surface area contributed by atoms with Crippen molar-refractivity contribution in [2.24, 2.45) is 0 Å². The maximum absolute atomic E-state index is 12.5. The molecule has 0 spiro atoms. The number of carbonyl (C=O) groups is 1. The summed E-state index contributed by atoms with van der Waals surface area (Å²) in [6.45, 7) is 0.743. The van der Waals surface area contributed by atoms with Crippen molar-refractivity contribution < 1.29 is 15.0 Å². The molecule has 1 aliphatic rings. The van der Waals surface area contributed by atoms with E-state index < -0.39 is 0 Å². The molecule has 1 fully saturated rings. The maximum atomic E-state index is 12.5. The quantitative estimate of drug-likeness (QED) is 0.839. The predicted molar refractivity (Wildman–Crippen MR) is 76.9 cm³/mol. The summed E-state index contributed by atoms with van der Waals surface area (Å²) in [4.78, 5) is 14.3. The van der Waals surface area contributed by atoms with Gasteiger partial charge in [-0.1, -0.05) is 15.9 Å². The lowest BCUT2D eigenvalue weighted by atomic mass is 9.99. The first-order valence-corrected chi connectivity index (χ1v) is 7.64. The van der Waals surface area contributed by atoms with Crippen LogP contribution in [0.4, 0.5) is 0 Å². The molecule has 2 rings (SSSR count). The monoisotopic (exact) mass is 327 g/mol. The van der Waals surface area contributed by atoms with Crippen molar-refractivity contribution in [1.29, 1.82) is 0 Å². The van der Waals surface area contributed by atoms with Gasteiger partial charge >= 0.3 is 0 Å². The van der Waals surface area contributed by atoms with Gasteiger partial charge in [-0.05, 0) is 37.8 Å². The zero-order chi connectivity index (χ0) is 13.8. The van der Waals surface area contributed by atoms with Gasteiger partial charge in [-0.15, -0.1) is 0 Å². The Morgan fingerprint density at radius 1 is 1.26 bits per heavy atom. The minimum atomic E-state index is -0.114. The summed E-state index contributed by atoms with van der Waals surface area (Å²) in [5.74, 6) is -0.286. The van der Waals surface area contributed by atoms with Crippen molar-refractivity contribution in [1.82, 2.24) is 4.90 Å². The topological polar surface area (TPSA) is 60.8 Å². The third-order valence-corrected chi connectivity index (χ3v) is 3.94. The second-order valence-corrected chi connectivity index (χ2v) is 5.66. The van der Waals surface area contributed by atoms with E-state index in [1.807, 2.05) is 4.90 Å². The Kier molecular flexibility index (Phi) is 4.69. The van der Waals surface area contributed by atoms with Gasteiger partial charge in [-0.2, -0.15) is 0 Å². The molecule has 1 saturated heterocycles. The molecule has 4 nitrogen and oxygen atoms in total. The van der Waals surface area contributed by atoms with Crippen LogP contribution in [0.1, 0.15) is 36.0 Å². The van der Waals surface area contributed by atoms with Crippen LogP contribution in [0.2, 0.25) is 0 Å². The highest BCUT2D eigenvalue weighted by atomic mass is 79.9. The first-order chi connectivity index (χ1) is 9.11. The van der Waals surface area contributed by atoms with E-state index in [1.54, 1.807) is 0 Å². The number of hydrogen-bond donors (Lipinski definition) is 2. The Bertz CT molecular complexity index is 442. The number of nitrogens with zero attached hydrogens (tertiary/aromatic N) is 1. The zero-order valence-electron chi connectivity index (χ0n) is 10.7. The van der Waals surface area contributed by atoms with E-state index in [0.29, 0.717) is 5.56 Å². The number of aromatic hydroxyl groups is 2. The number of halogens is 1. The Balaban J connectivity index is 2.20. The fourth-order valence-corrected chi connectivity index (χ4v) is 3.11. The average molecular weight is 328 g/mol. The lowest BCUT2D eigenvalue weighted by Crippen LogP contribution is -2.43. The molecule has 1 heterocycles. The second-order valence-electron chi connectivity index (χ2n) is 4.86. The average Bonchev–Trinajstić information content (AvgIpc) is 2.38. The summed E-state index contributed by atoms with van der Waals surface area (Å²) >= 11 is 3.42. The smallest absolute Gasteiger partial charge is 0.254 e. The second kappa shape index (κ2) is 6.28. The van der Waals surface area contributed by atoms with Crippen molar-refractivity contribution in [3.8, 4) is 11.5 Å². The number of carbonyl (C=O) groups excluding carboxylic acids is 1. The number of phenolic OH excluding ortho intramolecular Hbond substituents is 2. The van der Waals surface area contributed by atoms with E-state index in [0.717, 1.165) is 37.6 Å². The number of amides is 1. The molecule has 0 saturated carbocycles. The molecule has 104 valence electrons. The van der Waals surface area contributed by atoms with Gasteiger partial charge < -0.3 is 15.1 Å². The van der Waals surface area contributed by atoms with Crippen molar-refractivity contribution >= 4 is 21.8 Å². The van der Waals surface area contributed by atoms with Crippen molar-refractivity contribution in [3.63, 3.8) is 0 Å². The number of phenols is 2. The molecular weight excluding hydrogens is 310 g/mol. The molecule has 1 atom stereocenters. The van der Waals surface area contributed by atoms with Gasteiger partial charge in [-0.25, -0.2) is 0 Å². The van der Waals surface area contributed by atoms with Crippen LogP contribution in [-0.2, 0) is 0 Å². The van der Waals surface area contributed by atoms with Gasteiger partial charge in [0.15, 0.2) is 0 Å². The fraction of sp³-hybridized carbons (Fsp3) is 0.500. The minimum Gasteiger partial charge on any atom is -0.508 e. The summed E-state index contributed by atoms with van der Waals surface area (Å²) in [5, 5.41) is 19.8. The summed E-state index contributed by atoms with van der Waals surface area (Å²) in [6.07, 6.45) is 4.10. The van der Waals surface area contributed by atoms with Gasteiger partial charge in [0, 0.05) is 29.5 Å². The molecule has 5 heteroatoms. The Morgan fingerprint density at radius 3 is 2.58 bits per heavy atom. The minimum absolute atomic E-state index is 0.0857. The highest BCUT2D eigenvalue weighted by Gasteiger charge is 2.27. The summed E-state index contributed by atoms with van der Waals surface area (Å²) < 4.78 is 0. The molecule has 0 bridgehead atoms. The van der Waals surface area contributed by atoms with Crippen LogP contribution < -0.4 is 0 Å². The van der Waals surface area contributed by atoms with Crippen LogP contribution in [0.3, 0.4) is 0 Å². The van der Waals surface area contributed by atoms with Crippen molar-refractivity contribution in [3.05, 3.63) is 23.8 Å². The molecule has 2 N–H and O–H groups in total. The molecule has 1 unspecified atom stereocenters. The van der Waals surface area contributed by atoms with Gasteiger partial charge in [0.2, 0.25) is 0 Å². The lowest BCUT2D eigenvalue weighted by Gasteiger charge is -2.35. The first kappa shape index (κ1) is 14.2. The Hall–Kier alpha value is -1.23. The van der Waals surface area contributed by atoms with Crippen LogP contribution in [0.25, 0.3) is 0 Å². The number of benzene rings is 1. The molecular formula is C14H18BrNO3. The number of alkyl halides is 1. The molecule has 19 heavy (non-hydrogen) atoms. The van der Waals surface area contributed by atoms with Crippen LogP contribution >= 0.6 is 15.9 Å². The molecule has 1 aromatic carbocycles. The van der Waals surface area contributed by atoms with Gasteiger partial charge in [0.25, 0.3) is 5.91 Å². The van der Waals surface area contributed by atoms with Gasteiger partial charge in [-0.3, -0.25) is 4.79 Å². The largest absolute Gasteiger partial charge is 0.508 e. The van der Waals surface area contributed by atoms with Crippen LogP contribution in [0, 0.1) is 0 Å². The first-order valence-electron chi connectivity index (χ1n) is 6.52. The fourth-order valence-electron chi connectivity index (χ4n) is 2.58. The molecule has 0 aliphatic carbocycles. The highest BCUT2D eigenvalue weighted by Crippen LogP contribution is 2.26. The van der Waals surface area contributed by atoms with Crippen molar-refractivity contribution in [2.75, 3.05) is 11.9 Å². The molecule has 0 radical (unpaired) electrons. The van der Waals surface area contributed by atoms with E-state index in [1.165, 1.54) is 18.2 Å². The summed E-state index contributed by atoms with van der Waals surface area (Å²) in [5.41, 5.74) is 0.346. The lowest BCUT2D eigenvalue weighted by molar-refractivity contribution is 0.0609. The summed E-state index contributed by atoms with van der Waals surface area (Å²) in [7, 11) is 0. The molecule has 1 aromatic rings.